The topological polar surface area (TPSA) is 229 Å². The van der Waals surface area contributed by atoms with Crippen molar-refractivity contribution in [1.29, 1.82) is 0 Å². The number of methoxy groups -OCH3 is 1. The van der Waals surface area contributed by atoms with E-state index in [9.17, 15) is 42.9 Å². The Labute approximate surface area is 316 Å². The summed E-state index contributed by atoms with van der Waals surface area (Å²) in [5, 5.41) is 35.4. The minimum Gasteiger partial charge on any atom is -0.490 e. The molecule has 1 amide bonds. The summed E-state index contributed by atoms with van der Waals surface area (Å²) in [6, 6.07) is 14.2. The van der Waals surface area contributed by atoms with Crippen LogP contribution in [-0.2, 0) is 30.3 Å². The normalized spacial score (nSPS) is 26.3. The SMILES string of the molecule is CO[C@@H]1[C@H](O)[C@@H]([C@@H](O[C@H]2OC(CNCc3ccc(N4CCC(Oc5ccc(OC(F)(F)F)cc5)CC4)cc3)=C[C@H](O)[C@@H]2O)C(N)=O)O[C@H]1n1ccc(=O)[nH]c1=O. The fourth-order valence-corrected chi connectivity index (χ4v) is 6.70. The number of ether oxygens (including phenoxy) is 6. The quantitative estimate of drug-likeness (QED) is 0.130. The number of nitrogens with zero attached hydrogens (tertiary/aromatic N) is 2. The van der Waals surface area contributed by atoms with Gasteiger partial charge in [-0.1, -0.05) is 12.1 Å². The van der Waals surface area contributed by atoms with Gasteiger partial charge < -0.3 is 59.7 Å². The van der Waals surface area contributed by atoms with Crippen molar-refractivity contribution in [3.63, 3.8) is 0 Å². The zero-order chi connectivity index (χ0) is 40.1. The van der Waals surface area contributed by atoms with Crippen LogP contribution in [0.1, 0.15) is 24.6 Å². The number of hydrogen-bond donors (Lipinski definition) is 6. The molecule has 0 bridgehead atoms. The minimum absolute atomic E-state index is 0.0870. The van der Waals surface area contributed by atoms with Crippen LogP contribution >= 0.6 is 0 Å². The van der Waals surface area contributed by atoms with Crippen LogP contribution in [0, 0.1) is 0 Å². The number of aromatic amines is 1. The van der Waals surface area contributed by atoms with Gasteiger partial charge in [0.25, 0.3) is 5.56 Å². The van der Waals surface area contributed by atoms with E-state index in [1.165, 1.54) is 37.5 Å². The van der Waals surface area contributed by atoms with E-state index >= 15 is 0 Å². The van der Waals surface area contributed by atoms with Crippen LogP contribution in [0.2, 0.25) is 0 Å². The molecule has 56 heavy (non-hydrogen) atoms. The second-order valence-electron chi connectivity index (χ2n) is 13.4. The second kappa shape index (κ2) is 17.5. The van der Waals surface area contributed by atoms with Crippen molar-refractivity contribution in [2.75, 3.05) is 31.6 Å². The predicted octanol–water partition coefficient (Wildman–Crippen LogP) is 0.379. The first kappa shape index (κ1) is 40.7. The van der Waals surface area contributed by atoms with Crippen LogP contribution in [0.3, 0.4) is 0 Å². The van der Waals surface area contributed by atoms with Crippen LogP contribution in [0.15, 0.2) is 82.2 Å². The van der Waals surface area contributed by atoms with Crippen LogP contribution < -0.4 is 36.7 Å². The van der Waals surface area contributed by atoms with E-state index in [1.807, 2.05) is 24.3 Å². The zero-order valence-electron chi connectivity index (χ0n) is 29.9. The van der Waals surface area contributed by atoms with Crippen molar-refractivity contribution in [1.82, 2.24) is 14.9 Å². The molecule has 3 aliphatic heterocycles. The molecule has 20 heteroatoms. The highest BCUT2D eigenvalue weighted by Gasteiger charge is 2.52. The Morgan fingerprint density at radius 2 is 1.68 bits per heavy atom. The van der Waals surface area contributed by atoms with E-state index in [2.05, 4.69) is 19.9 Å². The number of halogens is 3. The van der Waals surface area contributed by atoms with Crippen molar-refractivity contribution in [3.05, 3.63) is 99.0 Å². The molecule has 0 radical (unpaired) electrons. The van der Waals surface area contributed by atoms with Crippen LogP contribution in [0.4, 0.5) is 18.9 Å². The Kier molecular flexibility index (Phi) is 12.7. The van der Waals surface area contributed by atoms with Gasteiger partial charge in [0.2, 0.25) is 12.2 Å². The number of nitrogens with two attached hydrogens (primary N) is 1. The van der Waals surface area contributed by atoms with Crippen LogP contribution in [0.25, 0.3) is 0 Å². The molecule has 17 nitrogen and oxygen atoms in total. The number of aliphatic hydroxyl groups is 3. The van der Waals surface area contributed by atoms with Crippen LogP contribution in [0.5, 0.6) is 11.5 Å². The summed E-state index contributed by atoms with van der Waals surface area (Å²) in [5.74, 6) is -0.772. The standard InChI is InChI=1S/C36H42F3N5O12/c1-51-30-28(48)29(54-33(30)44-15-12-26(46)42-35(44)50)31(32(40)49)55-34-27(47)25(45)16-24(53-34)18-41-17-19-2-4-20(5-3-19)43-13-10-22(11-14-43)52-21-6-8-23(9-7-21)56-36(37,38)39/h2-9,12,15-16,22,25,27-31,33-34,41,45,47-48H,10-11,13-14,17-18H2,1H3,(H2,40,49)(H,42,46,50)/t25-,27-,28+,29-,30+,31+,33+,34+/m0/s1. The van der Waals surface area contributed by atoms with Gasteiger partial charge >= 0.3 is 12.1 Å². The Bertz CT molecular complexity index is 1940. The second-order valence-corrected chi connectivity index (χ2v) is 13.4. The third kappa shape index (κ3) is 9.88. The van der Waals surface area contributed by atoms with Gasteiger partial charge in [-0.3, -0.25) is 19.1 Å². The molecule has 8 atom stereocenters. The van der Waals surface area contributed by atoms with Crippen molar-refractivity contribution in [2.24, 2.45) is 5.73 Å². The van der Waals surface area contributed by atoms with Gasteiger partial charge in [-0.25, -0.2) is 4.79 Å². The number of nitrogens with one attached hydrogen (secondary N) is 2. The molecule has 2 saturated heterocycles. The number of aliphatic hydroxyl groups excluding tert-OH is 3. The van der Waals surface area contributed by atoms with Gasteiger partial charge in [0.15, 0.2) is 12.3 Å². The first-order valence-corrected chi connectivity index (χ1v) is 17.6. The smallest absolute Gasteiger partial charge is 0.490 e. The molecule has 0 saturated carbocycles. The third-order valence-corrected chi connectivity index (χ3v) is 9.49. The molecule has 0 aliphatic carbocycles. The summed E-state index contributed by atoms with van der Waals surface area (Å²) in [6.45, 7) is 1.91. The van der Waals surface area contributed by atoms with Crippen molar-refractivity contribution in [3.8, 4) is 11.5 Å². The summed E-state index contributed by atoms with van der Waals surface area (Å²) in [7, 11) is 1.24. The molecule has 4 heterocycles. The van der Waals surface area contributed by atoms with E-state index in [1.54, 1.807) is 0 Å². The lowest BCUT2D eigenvalue weighted by atomic mass is 10.0. The number of hydrogen-bond acceptors (Lipinski definition) is 14. The first-order chi connectivity index (χ1) is 26.7. The van der Waals surface area contributed by atoms with E-state index in [-0.39, 0.29) is 24.2 Å². The highest BCUT2D eigenvalue weighted by molar-refractivity contribution is 5.79. The number of amides is 1. The minimum atomic E-state index is -4.76. The number of alkyl halides is 3. The number of piperidine rings is 1. The van der Waals surface area contributed by atoms with E-state index in [0.29, 0.717) is 38.2 Å². The summed E-state index contributed by atoms with van der Waals surface area (Å²) in [5.41, 5.74) is 6.02. The number of carbonyl (C=O) groups excluding carboxylic acids is 1. The fourth-order valence-electron chi connectivity index (χ4n) is 6.70. The summed E-state index contributed by atoms with van der Waals surface area (Å²) in [4.78, 5) is 40.9. The molecule has 1 aromatic heterocycles. The number of anilines is 1. The summed E-state index contributed by atoms with van der Waals surface area (Å²) < 4.78 is 70.7. The lowest BCUT2D eigenvalue weighted by Gasteiger charge is -2.35. The third-order valence-electron chi connectivity index (χ3n) is 9.49. The monoisotopic (exact) mass is 793 g/mol. The maximum absolute atomic E-state index is 12.6. The van der Waals surface area contributed by atoms with Crippen molar-refractivity contribution >= 4 is 11.6 Å². The van der Waals surface area contributed by atoms with Gasteiger partial charge in [-0.05, 0) is 48.0 Å². The molecular weight excluding hydrogens is 751 g/mol. The maximum Gasteiger partial charge on any atom is 0.573 e. The molecule has 304 valence electrons. The zero-order valence-corrected chi connectivity index (χ0v) is 29.9. The highest BCUT2D eigenvalue weighted by atomic mass is 19.4. The summed E-state index contributed by atoms with van der Waals surface area (Å²) >= 11 is 0. The highest BCUT2D eigenvalue weighted by Crippen LogP contribution is 2.34. The summed E-state index contributed by atoms with van der Waals surface area (Å²) in [6.07, 6.45) is -13.1. The van der Waals surface area contributed by atoms with E-state index < -0.39 is 72.7 Å². The molecule has 6 rings (SSSR count). The van der Waals surface area contributed by atoms with Gasteiger partial charge in [0, 0.05) is 57.5 Å². The molecule has 7 N–H and O–H groups in total. The van der Waals surface area contributed by atoms with Gasteiger partial charge in [-0.15, -0.1) is 13.2 Å². The van der Waals surface area contributed by atoms with E-state index in [4.69, 9.17) is 29.4 Å². The fraction of sp³-hybridized carbons (Fsp3) is 0.472. The molecule has 3 aromatic rings. The van der Waals surface area contributed by atoms with Crippen molar-refractivity contribution in [2.45, 2.75) is 81.0 Å². The van der Waals surface area contributed by atoms with Crippen LogP contribution in [-0.4, -0.2) is 113 Å². The average molecular weight is 794 g/mol. The Morgan fingerprint density at radius 1 is 1.00 bits per heavy atom. The largest absolute Gasteiger partial charge is 0.573 e. The Morgan fingerprint density at radius 3 is 2.30 bits per heavy atom. The average Bonchev–Trinajstić information content (AvgIpc) is 3.48. The number of H-pyrrole nitrogens is 1. The predicted molar refractivity (Wildman–Crippen MR) is 188 cm³/mol. The first-order valence-electron chi connectivity index (χ1n) is 17.6. The Hall–Kier alpha value is -4.96. The number of primary amides is 1. The lowest BCUT2D eigenvalue weighted by molar-refractivity contribution is -0.274. The lowest BCUT2D eigenvalue weighted by Crippen LogP contribution is -2.53. The molecule has 3 aliphatic rings. The molecule has 0 unspecified atom stereocenters. The number of rotatable bonds is 14. The van der Waals surface area contributed by atoms with Gasteiger partial charge in [0.1, 0.15) is 53.9 Å². The molecule has 2 fully saturated rings. The Balaban J connectivity index is 0.983. The molecule has 2 aromatic carbocycles. The van der Waals surface area contributed by atoms with Gasteiger partial charge in [0.05, 0.1) is 6.54 Å². The van der Waals surface area contributed by atoms with Crippen molar-refractivity contribution < 1.29 is 61.7 Å². The number of aromatic nitrogens is 2. The number of benzene rings is 2. The molecule has 0 spiro atoms. The van der Waals surface area contributed by atoms with E-state index in [0.717, 1.165) is 28.1 Å². The molecular formula is C36H42F3N5O12. The maximum atomic E-state index is 12.6. The number of carbonyl (C=O) groups is 1. The van der Waals surface area contributed by atoms with Gasteiger partial charge in [-0.2, -0.15) is 0 Å².